The van der Waals surface area contributed by atoms with Crippen LogP contribution in [0.2, 0.25) is 5.02 Å². The maximum atomic E-state index is 6.17. The average molecular weight is 506 g/mol. The second kappa shape index (κ2) is 10.4. The Balaban J connectivity index is 1.35. The molecule has 0 spiro atoms. The summed E-state index contributed by atoms with van der Waals surface area (Å²) in [6, 6.07) is 13.4. The molecule has 0 radical (unpaired) electrons. The molecule has 1 fully saturated rings. The first-order valence-electron chi connectivity index (χ1n) is 11.8. The van der Waals surface area contributed by atoms with Crippen LogP contribution in [0.15, 0.2) is 48.8 Å². The van der Waals surface area contributed by atoms with E-state index in [2.05, 4.69) is 30.1 Å². The summed E-state index contributed by atoms with van der Waals surface area (Å²) < 4.78 is 10.8. The molecule has 1 aliphatic heterocycles. The third kappa shape index (κ3) is 5.21. The standard InChI is InChI=1S/C26H28ClN7O2/c1-17-11-24(32-26(30-17)31-19-13-20(35-2)15-21(14-19)36-3)33-7-4-8-34(10-9-33)25-22-6-5-18(27)12-23(22)28-16-29-25/h5-6,11-16H,4,7-10H2,1-3H3,(H,30,31,32). The maximum absolute atomic E-state index is 6.17. The van der Waals surface area contributed by atoms with Gasteiger partial charge in [0, 0.05) is 72.2 Å². The van der Waals surface area contributed by atoms with E-state index >= 15 is 0 Å². The lowest BCUT2D eigenvalue weighted by molar-refractivity contribution is 0.395. The van der Waals surface area contributed by atoms with Gasteiger partial charge in [-0.1, -0.05) is 11.6 Å². The van der Waals surface area contributed by atoms with Gasteiger partial charge >= 0.3 is 0 Å². The topological polar surface area (TPSA) is 88.5 Å². The van der Waals surface area contributed by atoms with E-state index in [-0.39, 0.29) is 0 Å². The lowest BCUT2D eigenvalue weighted by Crippen LogP contribution is -2.32. The van der Waals surface area contributed by atoms with Crippen molar-refractivity contribution in [2.45, 2.75) is 13.3 Å². The normalized spacial score (nSPS) is 14.0. The van der Waals surface area contributed by atoms with Crippen LogP contribution in [0.5, 0.6) is 11.5 Å². The van der Waals surface area contributed by atoms with Gasteiger partial charge in [0.1, 0.15) is 29.5 Å². The summed E-state index contributed by atoms with van der Waals surface area (Å²) in [6.45, 7) is 5.37. The van der Waals surface area contributed by atoms with Crippen molar-refractivity contribution in [3.8, 4) is 11.5 Å². The van der Waals surface area contributed by atoms with E-state index in [0.29, 0.717) is 22.5 Å². The zero-order valence-electron chi connectivity index (χ0n) is 20.5. The number of benzene rings is 2. The molecule has 0 amide bonds. The average Bonchev–Trinajstić information content (AvgIpc) is 3.14. The zero-order chi connectivity index (χ0) is 25.1. The molecule has 0 atom stereocenters. The van der Waals surface area contributed by atoms with Gasteiger partial charge in [-0.25, -0.2) is 15.0 Å². The smallest absolute Gasteiger partial charge is 0.229 e. The van der Waals surface area contributed by atoms with Gasteiger partial charge in [-0.15, -0.1) is 0 Å². The Morgan fingerprint density at radius 2 is 1.61 bits per heavy atom. The van der Waals surface area contributed by atoms with E-state index in [1.807, 2.05) is 49.4 Å². The van der Waals surface area contributed by atoms with E-state index in [1.54, 1.807) is 20.5 Å². The molecule has 10 heteroatoms. The van der Waals surface area contributed by atoms with Crippen LogP contribution in [0.25, 0.3) is 10.9 Å². The molecule has 0 bridgehead atoms. The molecular formula is C26H28ClN7O2. The fourth-order valence-corrected chi connectivity index (χ4v) is 4.57. The van der Waals surface area contributed by atoms with Crippen LogP contribution in [-0.2, 0) is 0 Å². The Kier molecular flexibility index (Phi) is 6.90. The van der Waals surface area contributed by atoms with Gasteiger partial charge < -0.3 is 24.6 Å². The first-order chi connectivity index (χ1) is 17.5. The lowest BCUT2D eigenvalue weighted by atomic mass is 10.2. The zero-order valence-corrected chi connectivity index (χ0v) is 21.3. The number of nitrogens with zero attached hydrogens (tertiary/aromatic N) is 6. The molecular weight excluding hydrogens is 478 g/mol. The number of hydrogen-bond acceptors (Lipinski definition) is 9. The van der Waals surface area contributed by atoms with Gasteiger partial charge in [0.05, 0.1) is 19.7 Å². The fourth-order valence-electron chi connectivity index (χ4n) is 4.40. The number of methoxy groups -OCH3 is 2. The Morgan fingerprint density at radius 3 is 2.39 bits per heavy atom. The summed E-state index contributed by atoms with van der Waals surface area (Å²) in [5, 5.41) is 4.98. The van der Waals surface area contributed by atoms with Crippen molar-refractivity contribution in [2.75, 3.05) is 55.5 Å². The van der Waals surface area contributed by atoms with E-state index in [9.17, 15) is 0 Å². The SMILES string of the molecule is COc1cc(Nc2nc(C)cc(N3CCCN(c4ncnc5cc(Cl)ccc45)CC3)n2)cc(OC)c1. The first-order valence-corrected chi connectivity index (χ1v) is 12.2. The largest absolute Gasteiger partial charge is 0.497 e. The van der Waals surface area contributed by atoms with Crippen LogP contribution in [0.3, 0.4) is 0 Å². The van der Waals surface area contributed by atoms with Crippen molar-refractivity contribution < 1.29 is 9.47 Å². The van der Waals surface area contributed by atoms with Crippen LogP contribution >= 0.6 is 11.6 Å². The van der Waals surface area contributed by atoms with Crippen molar-refractivity contribution in [3.63, 3.8) is 0 Å². The fraction of sp³-hybridized carbons (Fsp3) is 0.308. The van der Waals surface area contributed by atoms with Gasteiger partial charge in [0.2, 0.25) is 5.95 Å². The molecule has 0 saturated carbocycles. The molecule has 4 aromatic rings. The summed E-state index contributed by atoms with van der Waals surface area (Å²) in [7, 11) is 3.25. The number of halogens is 1. The van der Waals surface area contributed by atoms with Crippen LogP contribution in [-0.4, -0.2) is 60.3 Å². The molecule has 2 aromatic carbocycles. The van der Waals surface area contributed by atoms with E-state index in [4.69, 9.17) is 26.1 Å². The number of aryl methyl sites for hydroxylation is 1. The number of anilines is 4. The highest BCUT2D eigenvalue weighted by Crippen LogP contribution is 2.29. The predicted octanol–water partition coefficient (Wildman–Crippen LogP) is 4.86. The molecule has 9 nitrogen and oxygen atoms in total. The summed E-state index contributed by atoms with van der Waals surface area (Å²) in [4.78, 5) is 23.0. The van der Waals surface area contributed by atoms with Gasteiger partial charge in [0.15, 0.2) is 0 Å². The Hall–Kier alpha value is -3.85. The first kappa shape index (κ1) is 23.9. The van der Waals surface area contributed by atoms with E-state index in [0.717, 1.165) is 66.5 Å². The van der Waals surface area contributed by atoms with Crippen molar-refractivity contribution >= 4 is 45.8 Å². The van der Waals surface area contributed by atoms with Crippen LogP contribution in [0, 0.1) is 6.92 Å². The summed E-state index contributed by atoms with van der Waals surface area (Å²) in [5.74, 6) is 3.74. The van der Waals surface area contributed by atoms with Crippen molar-refractivity contribution in [1.29, 1.82) is 0 Å². The Morgan fingerprint density at radius 1 is 0.861 bits per heavy atom. The second-order valence-corrected chi connectivity index (χ2v) is 9.04. The summed E-state index contributed by atoms with van der Waals surface area (Å²) >= 11 is 6.17. The van der Waals surface area contributed by atoms with Crippen LogP contribution in [0.4, 0.5) is 23.3 Å². The predicted molar refractivity (Wildman–Crippen MR) is 143 cm³/mol. The molecule has 0 aliphatic carbocycles. The lowest BCUT2D eigenvalue weighted by Gasteiger charge is -2.24. The highest BCUT2D eigenvalue weighted by Gasteiger charge is 2.20. The minimum atomic E-state index is 0.528. The van der Waals surface area contributed by atoms with E-state index in [1.165, 1.54) is 0 Å². The number of ether oxygens (including phenoxy) is 2. The van der Waals surface area contributed by atoms with Crippen LogP contribution < -0.4 is 24.6 Å². The molecule has 1 aliphatic rings. The Labute approximate surface area is 215 Å². The molecule has 1 N–H and O–H groups in total. The van der Waals surface area contributed by atoms with Gasteiger partial charge in [-0.05, 0) is 31.5 Å². The molecule has 2 aromatic heterocycles. The second-order valence-electron chi connectivity index (χ2n) is 8.60. The number of hydrogen-bond donors (Lipinski definition) is 1. The number of aromatic nitrogens is 4. The van der Waals surface area contributed by atoms with Gasteiger partial charge in [0.25, 0.3) is 0 Å². The quantitative estimate of drug-likeness (QED) is 0.394. The minimum Gasteiger partial charge on any atom is -0.497 e. The Bertz CT molecular complexity index is 1360. The summed E-state index contributed by atoms with van der Waals surface area (Å²) in [6.07, 6.45) is 2.58. The number of fused-ring (bicyclic) bond motifs is 1. The minimum absolute atomic E-state index is 0.528. The van der Waals surface area contributed by atoms with Crippen LogP contribution in [0.1, 0.15) is 12.1 Å². The van der Waals surface area contributed by atoms with Gasteiger partial charge in [-0.3, -0.25) is 0 Å². The number of nitrogens with one attached hydrogen (secondary N) is 1. The molecule has 5 rings (SSSR count). The molecule has 36 heavy (non-hydrogen) atoms. The summed E-state index contributed by atoms with van der Waals surface area (Å²) in [5.41, 5.74) is 2.53. The molecule has 186 valence electrons. The van der Waals surface area contributed by atoms with Crippen molar-refractivity contribution in [1.82, 2.24) is 19.9 Å². The third-order valence-electron chi connectivity index (χ3n) is 6.15. The molecule has 0 unspecified atom stereocenters. The molecule has 3 heterocycles. The molecule has 1 saturated heterocycles. The number of rotatable bonds is 6. The van der Waals surface area contributed by atoms with Crippen molar-refractivity contribution in [3.05, 3.63) is 59.5 Å². The van der Waals surface area contributed by atoms with Crippen molar-refractivity contribution in [2.24, 2.45) is 0 Å². The monoisotopic (exact) mass is 505 g/mol. The van der Waals surface area contributed by atoms with Gasteiger partial charge in [-0.2, -0.15) is 4.98 Å². The maximum Gasteiger partial charge on any atom is 0.229 e. The highest BCUT2D eigenvalue weighted by molar-refractivity contribution is 6.31. The third-order valence-corrected chi connectivity index (χ3v) is 6.38. The highest BCUT2D eigenvalue weighted by atomic mass is 35.5. The van der Waals surface area contributed by atoms with E-state index < -0.39 is 0 Å².